The quantitative estimate of drug-likeness (QED) is 0.787. The molecule has 0 aliphatic carbocycles. The monoisotopic (exact) mass is 328 g/mol. The van der Waals surface area contributed by atoms with Gasteiger partial charge in [0.25, 0.3) is 0 Å². The highest BCUT2D eigenvalue weighted by atomic mass is 32.2. The summed E-state index contributed by atoms with van der Waals surface area (Å²) in [6, 6.07) is -1.25. The van der Waals surface area contributed by atoms with Crippen LogP contribution in [0.3, 0.4) is 0 Å². The maximum atomic E-state index is 12.6. The number of hydrogen-bond acceptors (Lipinski definition) is 5. The number of fused-ring (bicyclic) bond motifs is 1. The second kappa shape index (κ2) is 5.76. The minimum atomic E-state index is -0.737. The van der Waals surface area contributed by atoms with E-state index in [2.05, 4.69) is 5.32 Å². The Morgan fingerprint density at radius 2 is 2.09 bits per heavy atom. The SMILES string of the molecule is COC(=O)[C@H](NC(=O)[C@@H]1CS[C@@]2(C)CCC(=O)N12)C(C)(C)C. The van der Waals surface area contributed by atoms with Gasteiger partial charge < -0.3 is 15.0 Å². The Balaban J connectivity index is 2.15. The van der Waals surface area contributed by atoms with Crippen molar-refractivity contribution < 1.29 is 19.1 Å². The molecule has 0 aromatic carbocycles. The summed E-state index contributed by atoms with van der Waals surface area (Å²) >= 11 is 1.63. The zero-order chi connectivity index (χ0) is 16.7. The van der Waals surface area contributed by atoms with E-state index >= 15 is 0 Å². The van der Waals surface area contributed by atoms with Gasteiger partial charge in [0.05, 0.1) is 12.0 Å². The van der Waals surface area contributed by atoms with Crippen molar-refractivity contribution in [2.24, 2.45) is 5.41 Å². The first-order valence-electron chi connectivity index (χ1n) is 7.44. The van der Waals surface area contributed by atoms with Gasteiger partial charge in [0.1, 0.15) is 12.1 Å². The number of methoxy groups -OCH3 is 1. The minimum Gasteiger partial charge on any atom is -0.467 e. The summed E-state index contributed by atoms with van der Waals surface area (Å²) in [7, 11) is 1.31. The van der Waals surface area contributed by atoms with E-state index in [1.54, 1.807) is 16.7 Å². The first-order valence-corrected chi connectivity index (χ1v) is 8.43. The summed E-state index contributed by atoms with van der Waals surface area (Å²) in [4.78, 5) is 38.1. The lowest BCUT2D eigenvalue weighted by molar-refractivity contribution is -0.149. The van der Waals surface area contributed by atoms with Crippen molar-refractivity contribution in [3.63, 3.8) is 0 Å². The van der Waals surface area contributed by atoms with Gasteiger partial charge in [-0.15, -0.1) is 11.8 Å². The fourth-order valence-corrected chi connectivity index (χ4v) is 4.43. The Kier molecular flexibility index (Phi) is 4.48. The molecule has 124 valence electrons. The highest BCUT2D eigenvalue weighted by Gasteiger charge is 2.53. The second-order valence-electron chi connectivity index (χ2n) is 7.10. The van der Waals surface area contributed by atoms with Crippen LogP contribution < -0.4 is 5.32 Å². The molecule has 6 nitrogen and oxygen atoms in total. The number of ether oxygens (including phenoxy) is 1. The molecule has 2 aliphatic heterocycles. The summed E-state index contributed by atoms with van der Waals surface area (Å²) in [5, 5.41) is 2.78. The van der Waals surface area contributed by atoms with Crippen molar-refractivity contribution in [2.45, 2.75) is 57.5 Å². The van der Waals surface area contributed by atoms with Crippen molar-refractivity contribution in [3.8, 4) is 0 Å². The lowest BCUT2D eigenvalue weighted by Crippen LogP contribution is -2.56. The van der Waals surface area contributed by atoms with E-state index in [1.807, 2.05) is 27.7 Å². The number of carbonyl (C=O) groups excluding carboxylic acids is 3. The van der Waals surface area contributed by atoms with Crippen LogP contribution >= 0.6 is 11.8 Å². The molecular formula is C15H24N2O4S. The molecule has 2 rings (SSSR count). The van der Waals surface area contributed by atoms with Gasteiger partial charge in [-0.05, 0) is 18.8 Å². The van der Waals surface area contributed by atoms with Crippen LogP contribution in [0, 0.1) is 5.41 Å². The number of thioether (sulfide) groups is 1. The van der Waals surface area contributed by atoms with Gasteiger partial charge in [-0.3, -0.25) is 9.59 Å². The third-order valence-corrected chi connectivity index (χ3v) is 5.84. The molecule has 0 radical (unpaired) electrons. The number of amides is 2. The average Bonchev–Trinajstić information content (AvgIpc) is 2.91. The maximum Gasteiger partial charge on any atom is 0.328 e. The normalized spacial score (nSPS) is 29.2. The molecule has 2 amide bonds. The van der Waals surface area contributed by atoms with Crippen LogP contribution in [0.4, 0.5) is 0 Å². The van der Waals surface area contributed by atoms with Gasteiger partial charge in [-0.1, -0.05) is 20.8 Å². The molecule has 0 saturated carbocycles. The van der Waals surface area contributed by atoms with Crippen LogP contribution in [0.1, 0.15) is 40.5 Å². The molecule has 0 bridgehead atoms. The van der Waals surface area contributed by atoms with Gasteiger partial charge in [-0.25, -0.2) is 4.79 Å². The van der Waals surface area contributed by atoms with Gasteiger partial charge in [0, 0.05) is 12.2 Å². The fourth-order valence-electron chi connectivity index (χ4n) is 3.00. The molecule has 0 aromatic rings. The molecular weight excluding hydrogens is 304 g/mol. The minimum absolute atomic E-state index is 0.0121. The third-order valence-electron chi connectivity index (χ3n) is 4.34. The predicted octanol–water partition coefficient (Wildman–Crippen LogP) is 1.14. The Bertz CT molecular complexity index is 502. The Morgan fingerprint density at radius 1 is 1.45 bits per heavy atom. The standard InChI is InChI=1S/C15H24N2O4S/c1-14(2,3)11(13(20)21-5)16-12(19)9-8-22-15(4)7-6-10(18)17(9)15/h9,11H,6-8H2,1-5H3,(H,16,19)/t9-,11-,15-/m0/s1. The van der Waals surface area contributed by atoms with Crippen LogP contribution in [0.25, 0.3) is 0 Å². The molecule has 3 atom stereocenters. The van der Waals surface area contributed by atoms with Crippen LogP contribution in [-0.4, -0.2) is 52.5 Å². The number of nitrogens with zero attached hydrogens (tertiary/aromatic N) is 1. The molecule has 7 heteroatoms. The van der Waals surface area contributed by atoms with Crippen molar-refractivity contribution in [1.82, 2.24) is 10.2 Å². The Morgan fingerprint density at radius 3 is 2.64 bits per heavy atom. The molecule has 2 heterocycles. The number of rotatable bonds is 3. The van der Waals surface area contributed by atoms with Crippen molar-refractivity contribution >= 4 is 29.5 Å². The van der Waals surface area contributed by atoms with Gasteiger partial charge in [-0.2, -0.15) is 0 Å². The van der Waals surface area contributed by atoms with Crippen LogP contribution in [-0.2, 0) is 19.1 Å². The van der Waals surface area contributed by atoms with Gasteiger partial charge in [0.2, 0.25) is 11.8 Å². The van der Waals surface area contributed by atoms with E-state index in [0.717, 1.165) is 6.42 Å². The Hall–Kier alpha value is -1.24. The lowest BCUT2D eigenvalue weighted by atomic mass is 9.86. The number of nitrogens with one attached hydrogen (secondary N) is 1. The third kappa shape index (κ3) is 2.95. The Labute approximate surface area is 135 Å². The van der Waals surface area contributed by atoms with Crippen molar-refractivity contribution in [1.29, 1.82) is 0 Å². The van der Waals surface area contributed by atoms with E-state index in [4.69, 9.17) is 4.74 Å². The summed E-state index contributed by atoms with van der Waals surface area (Å²) < 4.78 is 4.79. The lowest BCUT2D eigenvalue weighted by Gasteiger charge is -2.33. The zero-order valence-corrected chi connectivity index (χ0v) is 14.6. The van der Waals surface area contributed by atoms with Crippen molar-refractivity contribution in [3.05, 3.63) is 0 Å². The summed E-state index contributed by atoms with van der Waals surface area (Å²) in [5.41, 5.74) is -0.465. The van der Waals surface area contributed by atoms with Gasteiger partial charge >= 0.3 is 5.97 Å². The molecule has 1 N–H and O–H groups in total. The fraction of sp³-hybridized carbons (Fsp3) is 0.800. The molecule has 0 unspecified atom stereocenters. The molecule has 2 saturated heterocycles. The molecule has 2 aliphatic rings. The highest BCUT2D eigenvalue weighted by molar-refractivity contribution is 8.01. The zero-order valence-electron chi connectivity index (χ0n) is 13.8. The van der Waals surface area contributed by atoms with Crippen LogP contribution in [0.2, 0.25) is 0 Å². The van der Waals surface area contributed by atoms with E-state index in [1.165, 1.54) is 7.11 Å². The smallest absolute Gasteiger partial charge is 0.328 e. The van der Waals surface area contributed by atoms with Crippen LogP contribution in [0.15, 0.2) is 0 Å². The summed E-state index contributed by atoms with van der Waals surface area (Å²) in [6.07, 6.45) is 1.24. The van der Waals surface area contributed by atoms with E-state index in [0.29, 0.717) is 12.2 Å². The maximum absolute atomic E-state index is 12.6. The second-order valence-corrected chi connectivity index (χ2v) is 8.60. The largest absolute Gasteiger partial charge is 0.467 e. The van der Waals surface area contributed by atoms with Crippen molar-refractivity contribution in [2.75, 3.05) is 12.9 Å². The summed E-state index contributed by atoms with van der Waals surface area (Å²) in [6.45, 7) is 7.59. The predicted molar refractivity (Wildman–Crippen MR) is 84.1 cm³/mol. The first kappa shape index (κ1) is 17.1. The topological polar surface area (TPSA) is 75.7 Å². The number of esters is 1. The molecule has 0 aromatic heterocycles. The van der Waals surface area contributed by atoms with E-state index < -0.39 is 23.5 Å². The summed E-state index contributed by atoms with van der Waals surface area (Å²) in [5.74, 6) is -0.177. The van der Waals surface area contributed by atoms with E-state index in [9.17, 15) is 14.4 Å². The van der Waals surface area contributed by atoms with Gasteiger partial charge in [0.15, 0.2) is 0 Å². The first-order chi connectivity index (χ1) is 10.1. The van der Waals surface area contributed by atoms with Crippen LogP contribution in [0.5, 0.6) is 0 Å². The molecule has 22 heavy (non-hydrogen) atoms. The highest BCUT2D eigenvalue weighted by Crippen LogP contribution is 2.47. The number of hydrogen-bond donors (Lipinski definition) is 1. The number of carbonyl (C=O) groups is 3. The van der Waals surface area contributed by atoms with E-state index in [-0.39, 0.29) is 16.7 Å². The molecule has 0 spiro atoms. The average molecular weight is 328 g/mol. The molecule has 2 fully saturated rings.